The maximum atomic E-state index is 5.93. The first kappa shape index (κ1) is 12.7. The van der Waals surface area contributed by atoms with Crippen molar-refractivity contribution < 1.29 is 0 Å². The van der Waals surface area contributed by atoms with Crippen LogP contribution in [0.5, 0.6) is 0 Å². The molecule has 1 aliphatic carbocycles. The zero-order valence-electron chi connectivity index (χ0n) is 10.0. The molecule has 2 heteroatoms. The Hall–Kier alpha value is -0.340. The SMILES string of the molecule is CC/C=C(\CCCN)C1CCC(N)CC1. The smallest absolute Gasteiger partial charge is 0.00392 e. The summed E-state index contributed by atoms with van der Waals surface area (Å²) >= 11 is 0. The lowest BCUT2D eigenvalue weighted by atomic mass is 9.80. The summed E-state index contributed by atoms with van der Waals surface area (Å²) in [6.07, 6.45) is 10.9. The van der Waals surface area contributed by atoms with Crippen molar-refractivity contribution in [2.24, 2.45) is 17.4 Å². The van der Waals surface area contributed by atoms with Gasteiger partial charge in [0.1, 0.15) is 0 Å². The third-order valence-corrected chi connectivity index (χ3v) is 3.43. The van der Waals surface area contributed by atoms with Crippen molar-refractivity contribution in [3.63, 3.8) is 0 Å². The summed E-state index contributed by atoms with van der Waals surface area (Å²) in [5.74, 6) is 0.802. The van der Waals surface area contributed by atoms with Gasteiger partial charge in [-0.15, -0.1) is 0 Å². The average Bonchev–Trinajstić information content (AvgIpc) is 2.25. The quantitative estimate of drug-likeness (QED) is 0.685. The van der Waals surface area contributed by atoms with E-state index in [1.165, 1.54) is 32.1 Å². The molecule has 0 aromatic rings. The molecule has 0 bridgehead atoms. The van der Waals surface area contributed by atoms with Gasteiger partial charge < -0.3 is 11.5 Å². The average molecular weight is 210 g/mol. The number of rotatable bonds is 5. The summed E-state index contributed by atoms with van der Waals surface area (Å²) in [6.45, 7) is 3.03. The molecule has 0 aromatic carbocycles. The van der Waals surface area contributed by atoms with E-state index in [1.54, 1.807) is 5.57 Å². The molecule has 0 atom stereocenters. The predicted octanol–water partition coefficient (Wildman–Crippen LogP) is 2.58. The van der Waals surface area contributed by atoms with E-state index in [2.05, 4.69) is 13.0 Å². The van der Waals surface area contributed by atoms with Crippen molar-refractivity contribution in [1.82, 2.24) is 0 Å². The lowest BCUT2D eigenvalue weighted by Gasteiger charge is -2.28. The molecule has 4 N–H and O–H groups in total. The van der Waals surface area contributed by atoms with Gasteiger partial charge in [-0.05, 0) is 57.4 Å². The summed E-state index contributed by atoms with van der Waals surface area (Å²) in [7, 11) is 0. The van der Waals surface area contributed by atoms with Crippen LogP contribution >= 0.6 is 0 Å². The molecule has 1 fully saturated rings. The van der Waals surface area contributed by atoms with E-state index >= 15 is 0 Å². The Morgan fingerprint density at radius 2 is 1.93 bits per heavy atom. The normalized spacial score (nSPS) is 28.1. The van der Waals surface area contributed by atoms with Crippen LogP contribution in [0.4, 0.5) is 0 Å². The molecule has 0 amide bonds. The topological polar surface area (TPSA) is 52.0 Å². The van der Waals surface area contributed by atoms with Gasteiger partial charge in [0.15, 0.2) is 0 Å². The molecule has 0 unspecified atom stereocenters. The molecule has 0 saturated heterocycles. The monoisotopic (exact) mass is 210 g/mol. The zero-order valence-corrected chi connectivity index (χ0v) is 10.0. The van der Waals surface area contributed by atoms with Crippen molar-refractivity contribution in [2.45, 2.75) is 57.9 Å². The highest BCUT2D eigenvalue weighted by atomic mass is 14.6. The largest absolute Gasteiger partial charge is 0.330 e. The van der Waals surface area contributed by atoms with Crippen LogP contribution in [0.3, 0.4) is 0 Å². The fourth-order valence-corrected chi connectivity index (χ4v) is 2.53. The van der Waals surface area contributed by atoms with Gasteiger partial charge in [0.05, 0.1) is 0 Å². The molecule has 0 aliphatic heterocycles. The summed E-state index contributed by atoms with van der Waals surface area (Å²) < 4.78 is 0. The van der Waals surface area contributed by atoms with Crippen molar-refractivity contribution in [1.29, 1.82) is 0 Å². The molecule has 1 aliphatic rings. The molecule has 15 heavy (non-hydrogen) atoms. The predicted molar refractivity (Wildman–Crippen MR) is 66.6 cm³/mol. The molecule has 1 saturated carbocycles. The zero-order chi connectivity index (χ0) is 11.1. The molecule has 1 rings (SSSR count). The van der Waals surface area contributed by atoms with Crippen LogP contribution in [0.1, 0.15) is 51.9 Å². The summed E-state index contributed by atoms with van der Waals surface area (Å²) in [6, 6.07) is 0.457. The number of hydrogen-bond acceptors (Lipinski definition) is 2. The fourth-order valence-electron chi connectivity index (χ4n) is 2.53. The van der Waals surface area contributed by atoms with E-state index in [-0.39, 0.29) is 0 Å². The maximum Gasteiger partial charge on any atom is 0.00392 e. The Kier molecular flexibility index (Phi) is 5.96. The third-order valence-electron chi connectivity index (χ3n) is 3.43. The van der Waals surface area contributed by atoms with E-state index < -0.39 is 0 Å². The van der Waals surface area contributed by atoms with Crippen LogP contribution in [-0.4, -0.2) is 12.6 Å². The van der Waals surface area contributed by atoms with Gasteiger partial charge >= 0.3 is 0 Å². The maximum absolute atomic E-state index is 5.93. The highest BCUT2D eigenvalue weighted by Crippen LogP contribution is 2.31. The second-order valence-electron chi connectivity index (χ2n) is 4.69. The molecule has 88 valence electrons. The molecule has 0 aromatic heterocycles. The van der Waals surface area contributed by atoms with Crippen LogP contribution in [0.25, 0.3) is 0 Å². The number of nitrogens with two attached hydrogens (primary N) is 2. The van der Waals surface area contributed by atoms with Crippen LogP contribution in [0.2, 0.25) is 0 Å². The molecule has 2 nitrogen and oxygen atoms in total. The molecule has 0 heterocycles. The lowest BCUT2D eigenvalue weighted by molar-refractivity contribution is 0.355. The van der Waals surface area contributed by atoms with Crippen LogP contribution in [0.15, 0.2) is 11.6 Å². The minimum atomic E-state index is 0.457. The van der Waals surface area contributed by atoms with Crippen molar-refractivity contribution in [2.75, 3.05) is 6.54 Å². The Balaban J connectivity index is 2.45. The highest BCUT2D eigenvalue weighted by Gasteiger charge is 2.20. The van der Waals surface area contributed by atoms with Crippen molar-refractivity contribution >= 4 is 0 Å². The summed E-state index contributed by atoms with van der Waals surface area (Å²) in [5, 5.41) is 0. The van der Waals surface area contributed by atoms with Crippen molar-refractivity contribution in [3.05, 3.63) is 11.6 Å². The lowest BCUT2D eigenvalue weighted by Crippen LogP contribution is -2.27. The van der Waals surface area contributed by atoms with Crippen LogP contribution in [-0.2, 0) is 0 Å². The third kappa shape index (κ3) is 4.35. The van der Waals surface area contributed by atoms with Gasteiger partial charge in [-0.2, -0.15) is 0 Å². The van der Waals surface area contributed by atoms with Gasteiger partial charge in [-0.25, -0.2) is 0 Å². The van der Waals surface area contributed by atoms with Crippen molar-refractivity contribution in [3.8, 4) is 0 Å². The molecular weight excluding hydrogens is 184 g/mol. The fraction of sp³-hybridized carbons (Fsp3) is 0.846. The first-order chi connectivity index (χ1) is 7.27. The molecule has 0 spiro atoms. The Morgan fingerprint density at radius 1 is 1.27 bits per heavy atom. The van der Waals surface area contributed by atoms with E-state index in [0.717, 1.165) is 25.3 Å². The minimum Gasteiger partial charge on any atom is -0.330 e. The standard InChI is InChI=1S/C13H26N2/c1-2-4-11(5-3-10-14)12-6-8-13(15)9-7-12/h4,12-13H,2-3,5-10,14-15H2,1H3/b11-4+. The van der Waals surface area contributed by atoms with Gasteiger partial charge in [0, 0.05) is 6.04 Å². The number of allylic oxidation sites excluding steroid dienone is 2. The Morgan fingerprint density at radius 3 is 2.47 bits per heavy atom. The van der Waals surface area contributed by atoms with Gasteiger partial charge in [-0.3, -0.25) is 0 Å². The van der Waals surface area contributed by atoms with E-state index in [4.69, 9.17) is 11.5 Å². The van der Waals surface area contributed by atoms with Gasteiger partial charge in [0.2, 0.25) is 0 Å². The highest BCUT2D eigenvalue weighted by molar-refractivity contribution is 5.08. The van der Waals surface area contributed by atoms with E-state index in [1.807, 2.05) is 0 Å². The Labute approximate surface area is 94.1 Å². The summed E-state index contributed by atoms with van der Waals surface area (Å²) in [4.78, 5) is 0. The minimum absolute atomic E-state index is 0.457. The summed E-state index contributed by atoms with van der Waals surface area (Å²) in [5.41, 5.74) is 13.2. The number of hydrogen-bond donors (Lipinski definition) is 2. The second-order valence-corrected chi connectivity index (χ2v) is 4.69. The van der Waals surface area contributed by atoms with Crippen LogP contribution in [0, 0.1) is 5.92 Å². The van der Waals surface area contributed by atoms with Crippen LogP contribution < -0.4 is 11.5 Å². The van der Waals surface area contributed by atoms with E-state index in [0.29, 0.717) is 6.04 Å². The second kappa shape index (κ2) is 7.02. The molecular formula is C13H26N2. The van der Waals surface area contributed by atoms with Gasteiger partial charge in [-0.1, -0.05) is 18.6 Å². The van der Waals surface area contributed by atoms with E-state index in [9.17, 15) is 0 Å². The first-order valence-corrected chi connectivity index (χ1v) is 6.42. The molecule has 0 radical (unpaired) electrons. The van der Waals surface area contributed by atoms with Gasteiger partial charge in [0.25, 0.3) is 0 Å². The first-order valence-electron chi connectivity index (χ1n) is 6.42. The Bertz CT molecular complexity index is 191.